The topological polar surface area (TPSA) is 106 Å². The van der Waals surface area contributed by atoms with Gasteiger partial charge in [0.1, 0.15) is 11.0 Å². The average molecular weight is 312 g/mol. The van der Waals surface area contributed by atoms with Crippen LogP contribution in [0, 0.1) is 13.8 Å². The van der Waals surface area contributed by atoms with E-state index in [1.54, 1.807) is 32.0 Å². The molecule has 0 fully saturated rings. The van der Waals surface area contributed by atoms with Crippen LogP contribution in [0.25, 0.3) is 11.0 Å². The van der Waals surface area contributed by atoms with E-state index in [4.69, 9.17) is 0 Å². The Hall–Kier alpha value is -3.03. The number of nitrogens with zero attached hydrogens (tertiary/aromatic N) is 4. The first-order valence-corrected chi connectivity index (χ1v) is 7.17. The van der Waals surface area contributed by atoms with Gasteiger partial charge in [-0.3, -0.25) is 14.2 Å². The van der Waals surface area contributed by atoms with E-state index in [2.05, 4.69) is 25.7 Å². The number of H-pyrrole nitrogens is 1. The molecule has 0 aliphatic carbocycles. The van der Waals surface area contributed by atoms with Gasteiger partial charge in [-0.25, -0.2) is 4.98 Å². The number of aromatic amines is 1. The fraction of sp³-hybridized carbons (Fsp3) is 0.267. The maximum Gasteiger partial charge on any atom is 0.256 e. The molecule has 2 aromatic heterocycles. The van der Waals surface area contributed by atoms with Crippen LogP contribution in [0.2, 0.25) is 0 Å². The third-order valence-corrected chi connectivity index (χ3v) is 3.73. The first kappa shape index (κ1) is 14.9. The Morgan fingerprint density at radius 3 is 2.87 bits per heavy atom. The zero-order valence-electron chi connectivity index (χ0n) is 12.8. The van der Waals surface area contributed by atoms with Crippen molar-refractivity contribution in [3.8, 4) is 0 Å². The molecule has 1 amide bonds. The molecule has 0 bridgehead atoms. The highest BCUT2D eigenvalue weighted by atomic mass is 16.1. The molecule has 0 saturated carbocycles. The highest BCUT2D eigenvalue weighted by Gasteiger charge is 2.08. The minimum Gasteiger partial charge on any atom is -0.350 e. The summed E-state index contributed by atoms with van der Waals surface area (Å²) in [6.45, 7) is 4.24. The highest BCUT2D eigenvalue weighted by molar-refractivity contribution is 5.97. The average Bonchev–Trinajstić information content (AvgIpc) is 3.02. The van der Waals surface area contributed by atoms with E-state index in [-0.39, 0.29) is 11.5 Å². The molecule has 8 heteroatoms. The van der Waals surface area contributed by atoms with Crippen molar-refractivity contribution in [1.82, 2.24) is 30.3 Å². The number of hydrogen-bond acceptors (Lipinski definition) is 5. The minimum absolute atomic E-state index is 0.0873. The van der Waals surface area contributed by atoms with Gasteiger partial charge in [0.05, 0.1) is 6.33 Å². The molecular formula is C15H16N6O2. The Morgan fingerprint density at radius 2 is 2.04 bits per heavy atom. The summed E-state index contributed by atoms with van der Waals surface area (Å²) in [5.74, 6) is -0.222. The Balaban J connectivity index is 1.65. The monoisotopic (exact) mass is 312 g/mol. The molecule has 23 heavy (non-hydrogen) atoms. The summed E-state index contributed by atoms with van der Waals surface area (Å²) >= 11 is 0. The Morgan fingerprint density at radius 1 is 1.26 bits per heavy atom. The standard InChI is InChI=1S/C15H16N6O2/c1-9-10(2)17-8-21(15(9)23)6-5-16-14(22)11-3-4-12-13(7-11)19-20-18-12/h3-4,7-8H,5-6H2,1-2H3,(H,16,22)(H,18,19,20). The summed E-state index contributed by atoms with van der Waals surface area (Å²) in [5.41, 5.74) is 3.08. The molecule has 0 saturated heterocycles. The van der Waals surface area contributed by atoms with E-state index < -0.39 is 0 Å². The number of rotatable bonds is 4. The summed E-state index contributed by atoms with van der Waals surface area (Å²) in [6.07, 6.45) is 1.50. The Kier molecular flexibility index (Phi) is 3.88. The Labute approximate surface area is 131 Å². The van der Waals surface area contributed by atoms with Gasteiger partial charge in [0.2, 0.25) is 0 Å². The lowest BCUT2D eigenvalue weighted by molar-refractivity contribution is 0.0952. The lowest BCUT2D eigenvalue weighted by Gasteiger charge is -2.09. The molecule has 0 aliphatic heterocycles. The van der Waals surface area contributed by atoms with Crippen molar-refractivity contribution in [2.75, 3.05) is 6.54 Å². The molecule has 3 rings (SSSR count). The van der Waals surface area contributed by atoms with Gasteiger partial charge in [0.25, 0.3) is 11.5 Å². The predicted molar refractivity (Wildman–Crippen MR) is 84.2 cm³/mol. The van der Waals surface area contributed by atoms with Crippen LogP contribution in [0.5, 0.6) is 0 Å². The van der Waals surface area contributed by atoms with Crippen LogP contribution >= 0.6 is 0 Å². The molecule has 118 valence electrons. The second kappa shape index (κ2) is 5.99. The van der Waals surface area contributed by atoms with Crippen LogP contribution < -0.4 is 10.9 Å². The van der Waals surface area contributed by atoms with Crippen LogP contribution in [0.3, 0.4) is 0 Å². The smallest absolute Gasteiger partial charge is 0.256 e. The van der Waals surface area contributed by atoms with E-state index in [1.165, 1.54) is 10.9 Å². The number of aryl methyl sites for hydroxylation is 1. The van der Waals surface area contributed by atoms with Gasteiger partial charge in [-0.15, -0.1) is 0 Å². The summed E-state index contributed by atoms with van der Waals surface area (Å²) in [5, 5.41) is 13.2. The fourth-order valence-corrected chi connectivity index (χ4v) is 2.21. The molecule has 3 aromatic rings. The molecule has 0 radical (unpaired) electrons. The van der Waals surface area contributed by atoms with Crippen LogP contribution in [0.1, 0.15) is 21.6 Å². The lowest BCUT2D eigenvalue weighted by atomic mass is 10.2. The molecule has 0 unspecified atom stereocenters. The van der Waals surface area contributed by atoms with Gasteiger partial charge >= 0.3 is 0 Å². The minimum atomic E-state index is -0.222. The number of nitrogens with one attached hydrogen (secondary N) is 2. The van der Waals surface area contributed by atoms with Gasteiger partial charge in [0, 0.05) is 29.9 Å². The zero-order chi connectivity index (χ0) is 16.4. The summed E-state index contributed by atoms with van der Waals surface area (Å²) in [4.78, 5) is 28.3. The van der Waals surface area contributed by atoms with Gasteiger partial charge in [-0.2, -0.15) is 15.4 Å². The van der Waals surface area contributed by atoms with Crippen LogP contribution in [0.15, 0.2) is 29.3 Å². The lowest BCUT2D eigenvalue weighted by Crippen LogP contribution is -2.32. The van der Waals surface area contributed by atoms with Crippen molar-refractivity contribution in [2.45, 2.75) is 20.4 Å². The second-order valence-corrected chi connectivity index (χ2v) is 5.24. The van der Waals surface area contributed by atoms with Crippen LogP contribution in [0.4, 0.5) is 0 Å². The quantitative estimate of drug-likeness (QED) is 0.732. The molecule has 8 nitrogen and oxygen atoms in total. The number of fused-ring (bicyclic) bond motifs is 1. The molecule has 0 spiro atoms. The first-order valence-electron chi connectivity index (χ1n) is 7.17. The maximum absolute atomic E-state index is 12.1. The number of carbonyl (C=O) groups is 1. The third kappa shape index (κ3) is 2.96. The number of hydrogen-bond donors (Lipinski definition) is 2. The molecule has 2 N–H and O–H groups in total. The van der Waals surface area contributed by atoms with E-state index in [9.17, 15) is 9.59 Å². The fourth-order valence-electron chi connectivity index (χ4n) is 2.21. The number of benzene rings is 1. The number of aromatic nitrogens is 5. The van der Waals surface area contributed by atoms with E-state index >= 15 is 0 Å². The normalized spacial score (nSPS) is 10.9. The molecule has 0 aliphatic rings. The van der Waals surface area contributed by atoms with Crippen LogP contribution in [-0.4, -0.2) is 37.4 Å². The van der Waals surface area contributed by atoms with Gasteiger partial charge in [-0.1, -0.05) is 0 Å². The van der Waals surface area contributed by atoms with Gasteiger partial charge in [0.15, 0.2) is 0 Å². The van der Waals surface area contributed by atoms with E-state index in [0.29, 0.717) is 35.2 Å². The highest BCUT2D eigenvalue weighted by Crippen LogP contribution is 2.10. The first-order chi connectivity index (χ1) is 11.1. The van der Waals surface area contributed by atoms with Gasteiger partial charge in [-0.05, 0) is 32.0 Å². The zero-order valence-corrected chi connectivity index (χ0v) is 12.8. The summed E-state index contributed by atoms with van der Waals surface area (Å²) < 4.78 is 1.49. The number of carbonyl (C=O) groups excluding carboxylic acids is 1. The summed E-state index contributed by atoms with van der Waals surface area (Å²) in [6, 6.07) is 5.08. The third-order valence-electron chi connectivity index (χ3n) is 3.73. The Bertz CT molecular complexity index is 927. The van der Waals surface area contributed by atoms with Gasteiger partial charge < -0.3 is 5.32 Å². The molecular weight excluding hydrogens is 296 g/mol. The van der Waals surface area contributed by atoms with Crippen LogP contribution in [-0.2, 0) is 6.54 Å². The van der Waals surface area contributed by atoms with Crippen molar-refractivity contribution in [3.63, 3.8) is 0 Å². The van der Waals surface area contributed by atoms with Crippen molar-refractivity contribution < 1.29 is 4.79 Å². The van der Waals surface area contributed by atoms with Crippen molar-refractivity contribution in [2.24, 2.45) is 0 Å². The maximum atomic E-state index is 12.1. The number of amides is 1. The summed E-state index contributed by atoms with van der Waals surface area (Å²) in [7, 11) is 0. The molecule has 2 heterocycles. The predicted octanol–water partition coefficient (Wildman–Crippen LogP) is 0.561. The SMILES string of the molecule is Cc1ncn(CCNC(=O)c2ccc3n[nH]nc3c2)c(=O)c1C. The molecule has 1 aromatic carbocycles. The molecule has 0 atom stereocenters. The van der Waals surface area contributed by atoms with Crippen molar-refractivity contribution in [3.05, 3.63) is 51.7 Å². The largest absolute Gasteiger partial charge is 0.350 e. The second-order valence-electron chi connectivity index (χ2n) is 5.24. The van der Waals surface area contributed by atoms with E-state index in [0.717, 1.165) is 5.69 Å². The van der Waals surface area contributed by atoms with Crippen molar-refractivity contribution >= 4 is 16.9 Å². The van der Waals surface area contributed by atoms with E-state index in [1.807, 2.05) is 0 Å². The van der Waals surface area contributed by atoms with Crippen molar-refractivity contribution in [1.29, 1.82) is 0 Å².